The van der Waals surface area contributed by atoms with Gasteiger partial charge in [0.25, 0.3) is 0 Å². The molecule has 0 unspecified atom stereocenters. The third-order valence-corrected chi connectivity index (χ3v) is 4.15. The highest BCUT2D eigenvalue weighted by Gasteiger charge is 2.45. The fourth-order valence-corrected chi connectivity index (χ4v) is 3.42. The summed E-state index contributed by atoms with van der Waals surface area (Å²) in [6.45, 7) is 14.5. The highest BCUT2D eigenvalue weighted by Crippen LogP contribution is 2.15. The van der Waals surface area contributed by atoms with Gasteiger partial charge in [-0.05, 0) is 25.7 Å². The zero-order valence-corrected chi connectivity index (χ0v) is 13.1. The van der Waals surface area contributed by atoms with Gasteiger partial charge in [0.2, 0.25) is 0 Å². The van der Waals surface area contributed by atoms with Gasteiger partial charge in [-0.25, -0.2) is 0 Å². The molecule has 0 heterocycles. The Balaban J connectivity index is 4.47. The topological polar surface area (TPSA) is 36.9 Å². The van der Waals surface area contributed by atoms with Crippen LogP contribution in [0.4, 0.5) is 0 Å². The molecule has 0 fully saturated rings. The average Bonchev–Trinajstić information content (AvgIpc) is 2.24. The summed E-state index contributed by atoms with van der Waals surface area (Å²) in [7, 11) is -2.92. The van der Waals surface area contributed by atoms with Gasteiger partial charge in [0.05, 0.1) is 0 Å². The molecule has 0 aromatic heterocycles. The molecule has 0 saturated carbocycles. The lowest BCUT2D eigenvalue weighted by molar-refractivity contribution is -0.0395. The molecule has 0 N–H and O–H groups in total. The first-order chi connectivity index (χ1) is 7.95. The summed E-state index contributed by atoms with van der Waals surface area (Å²) in [4.78, 5) is 0. The van der Waals surface area contributed by atoms with Crippen LogP contribution >= 0.6 is 0 Å². The van der Waals surface area contributed by atoms with Crippen molar-refractivity contribution in [2.24, 2.45) is 11.8 Å². The maximum absolute atomic E-state index is 5.79. The van der Waals surface area contributed by atoms with Crippen molar-refractivity contribution in [3.63, 3.8) is 0 Å². The first kappa shape index (κ1) is 17.1. The molecular formula is C12H28O4Si. The minimum Gasteiger partial charge on any atom is -0.351 e. The van der Waals surface area contributed by atoms with Crippen molar-refractivity contribution in [3.8, 4) is 0 Å². The minimum absolute atomic E-state index is 0.436. The van der Waals surface area contributed by atoms with Gasteiger partial charge in [0.1, 0.15) is 0 Å². The monoisotopic (exact) mass is 264 g/mol. The summed E-state index contributed by atoms with van der Waals surface area (Å²) in [6, 6.07) is 0. The smallest absolute Gasteiger partial charge is 0.351 e. The predicted molar refractivity (Wildman–Crippen MR) is 70.6 cm³/mol. The van der Waals surface area contributed by atoms with Gasteiger partial charge in [-0.2, -0.15) is 0 Å². The Labute approximate surface area is 107 Å². The predicted octanol–water partition coefficient (Wildman–Crippen LogP) is 2.84. The van der Waals surface area contributed by atoms with E-state index in [0.29, 0.717) is 38.3 Å². The van der Waals surface area contributed by atoms with E-state index in [4.69, 9.17) is 17.7 Å². The summed E-state index contributed by atoms with van der Waals surface area (Å²) < 4.78 is 22.9. The summed E-state index contributed by atoms with van der Waals surface area (Å²) >= 11 is 0. The lowest BCUT2D eigenvalue weighted by Crippen LogP contribution is -2.50. The quantitative estimate of drug-likeness (QED) is 0.569. The molecule has 0 aliphatic heterocycles. The summed E-state index contributed by atoms with van der Waals surface area (Å²) in [5.74, 6) is 0.871. The Hall–Kier alpha value is 0.0569. The molecule has 0 atom stereocenters. The molecule has 0 bridgehead atoms. The maximum Gasteiger partial charge on any atom is 0.679 e. The Bertz CT molecular complexity index is 165. The molecule has 0 saturated heterocycles. The first-order valence-electron chi connectivity index (χ1n) is 6.51. The van der Waals surface area contributed by atoms with Crippen molar-refractivity contribution in [3.05, 3.63) is 0 Å². The molecule has 0 aliphatic rings. The second kappa shape index (κ2) is 9.05. The zero-order valence-electron chi connectivity index (χ0n) is 12.1. The molecule has 0 spiro atoms. The van der Waals surface area contributed by atoms with Crippen molar-refractivity contribution in [2.45, 2.75) is 41.5 Å². The van der Waals surface area contributed by atoms with Crippen LogP contribution < -0.4 is 0 Å². The second-order valence-electron chi connectivity index (χ2n) is 4.78. The lowest BCUT2D eigenvalue weighted by Gasteiger charge is -2.28. The van der Waals surface area contributed by atoms with Gasteiger partial charge in [0, 0.05) is 26.4 Å². The fraction of sp³-hybridized carbons (Fsp3) is 1.00. The number of hydrogen-bond acceptors (Lipinski definition) is 4. The third kappa shape index (κ3) is 7.89. The van der Waals surface area contributed by atoms with Crippen LogP contribution in [-0.2, 0) is 17.7 Å². The molecule has 5 heteroatoms. The van der Waals surface area contributed by atoms with Crippen LogP contribution in [0.3, 0.4) is 0 Å². The lowest BCUT2D eigenvalue weighted by atomic mass is 10.2. The van der Waals surface area contributed by atoms with Crippen molar-refractivity contribution in [1.82, 2.24) is 0 Å². The Morgan fingerprint density at radius 2 is 1.06 bits per heavy atom. The standard InChI is InChI=1S/C12H28O4Si/c1-7-13-17(14-8-2,15-9-11(3)4)16-10-12(5)6/h11-12H,7-10H2,1-6H3. The van der Waals surface area contributed by atoms with Gasteiger partial charge < -0.3 is 17.7 Å². The Morgan fingerprint density at radius 1 is 0.706 bits per heavy atom. The summed E-state index contributed by atoms with van der Waals surface area (Å²) in [5, 5.41) is 0. The molecule has 4 nitrogen and oxygen atoms in total. The van der Waals surface area contributed by atoms with Crippen LogP contribution in [0.5, 0.6) is 0 Å². The van der Waals surface area contributed by atoms with Crippen LogP contribution in [-0.4, -0.2) is 35.5 Å². The van der Waals surface area contributed by atoms with Gasteiger partial charge in [-0.3, -0.25) is 0 Å². The van der Waals surface area contributed by atoms with Crippen LogP contribution in [0, 0.1) is 11.8 Å². The largest absolute Gasteiger partial charge is 0.679 e. The molecule has 0 aromatic rings. The molecular weight excluding hydrogens is 236 g/mol. The van der Waals surface area contributed by atoms with E-state index in [1.807, 2.05) is 13.8 Å². The number of hydrogen-bond donors (Lipinski definition) is 0. The molecule has 0 radical (unpaired) electrons. The SMILES string of the molecule is CCO[Si](OCC)(OCC(C)C)OCC(C)C. The van der Waals surface area contributed by atoms with Crippen LogP contribution in [0.1, 0.15) is 41.5 Å². The van der Waals surface area contributed by atoms with E-state index in [2.05, 4.69) is 27.7 Å². The molecule has 0 aromatic carbocycles. The van der Waals surface area contributed by atoms with E-state index in [0.717, 1.165) is 0 Å². The van der Waals surface area contributed by atoms with E-state index < -0.39 is 9.05 Å². The van der Waals surface area contributed by atoms with E-state index in [1.54, 1.807) is 0 Å². The maximum atomic E-state index is 5.79. The molecule has 104 valence electrons. The van der Waals surface area contributed by atoms with Crippen molar-refractivity contribution in [2.75, 3.05) is 26.4 Å². The van der Waals surface area contributed by atoms with Crippen LogP contribution in [0.15, 0.2) is 0 Å². The van der Waals surface area contributed by atoms with E-state index >= 15 is 0 Å². The normalized spacial score (nSPS) is 12.7. The fourth-order valence-electron chi connectivity index (χ4n) is 1.14. The van der Waals surface area contributed by atoms with Crippen LogP contribution in [0.25, 0.3) is 0 Å². The minimum atomic E-state index is -2.92. The van der Waals surface area contributed by atoms with Gasteiger partial charge in [-0.15, -0.1) is 0 Å². The van der Waals surface area contributed by atoms with Crippen molar-refractivity contribution < 1.29 is 17.7 Å². The molecule has 17 heavy (non-hydrogen) atoms. The summed E-state index contributed by atoms with van der Waals surface area (Å²) in [5.41, 5.74) is 0. The van der Waals surface area contributed by atoms with E-state index in [-0.39, 0.29) is 0 Å². The summed E-state index contributed by atoms with van der Waals surface area (Å²) in [6.07, 6.45) is 0. The van der Waals surface area contributed by atoms with Crippen molar-refractivity contribution in [1.29, 1.82) is 0 Å². The highest BCUT2D eigenvalue weighted by atomic mass is 28.4. The van der Waals surface area contributed by atoms with Crippen molar-refractivity contribution >= 4 is 9.05 Å². The Kier molecular flexibility index (Phi) is 9.08. The second-order valence-corrected chi connectivity index (χ2v) is 6.93. The zero-order chi connectivity index (χ0) is 13.3. The number of rotatable bonds is 10. The van der Waals surface area contributed by atoms with Gasteiger partial charge >= 0.3 is 9.05 Å². The van der Waals surface area contributed by atoms with E-state index in [9.17, 15) is 0 Å². The van der Waals surface area contributed by atoms with Gasteiger partial charge in [-0.1, -0.05) is 27.7 Å². The van der Waals surface area contributed by atoms with Crippen LogP contribution in [0.2, 0.25) is 0 Å². The average molecular weight is 264 g/mol. The van der Waals surface area contributed by atoms with Gasteiger partial charge in [0.15, 0.2) is 0 Å². The Morgan fingerprint density at radius 3 is 1.29 bits per heavy atom. The molecule has 0 amide bonds. The molecule has 0 aliphatic carbocycles. The molecule has 0 rings (SSSR count). The first-order valence-corrected chi connectivity index (χ1v) is 8.14. The third-order valence-electron chi connectivity index (χ3n) is 1.83. The van der Waals surface area contributed by atoms with E-state index in [1.165, 1.54) is 0 Å². The highest BCUT2D eigenvalue weighted by molar-refractivity contribution is 6.53.